The third kappa shape index (κ3) is 2.79. The molecular formula is C13H15F2N5O. The Morgan fingerprint density at radius 2 is 2.29 bits per heavy atom. The predicted octanol–water partition coefficient (Wildman–Crippen LogP) is 2.02. The van der Waals surface area contributed by atoms with Crippen LogP contribution in [0.15, 0.2) is 24.5 Å². The lowest BCUT2D eigenvalue weighted by atomic mass is 9.95. The van der Waals surface area contributed by atoms with Gasteiger partial charge in [0.05, 0.1) is 0 Å². The van der Waals surface area contributed by atoms with E-state index in [1.807, 2.05) is 6.07 Å². The molecule has 1 saturated heterocycles. The highest BCUT2D eigenvalue weighted by Gasteiger charge is 2.27. The Labute approximate surface area is 119 Å². The van der Waals surface area contributed by atoms with Crippen molar-refractivity contribution in [1.29, 1.82) is 0 Å². The fourth-order valence-corrected chi connectivity index (χ4v) is 2.63. The molecule has 0 spiro atoms. The van der Waals surface area contributed by atoms with Gasteiger partial charge in [-0.25, -0.2) is 4.68 Å². The number of nitrogens with zero attached hydrogens (tertiary/aromatic N) is 4. The summed E-state index contributed by atoms with van der Waals surface area (Å²) in [6.45, 7) is -1.57. The molecule has 112 valence electrons. The number of amides is 1. The number of likely N-dealkylation sites (tertiary alicyclic amines) is 1. The predicted molar refractivity (Wildman–Crippen MR) is 69.9 cm³/mol. The van der Waals surface area contributed by atoms with E-state index in [9.17, 15) is 13.6 Å². The van der Waals surface area contributed by atoms with E-state index in [1.54, 1.807) is 11.1 Å². The van der Waals surface area contributed by atoms with Crippen molar-refractivity contribution in [2.45, 2.75) is 25.3 Å². The summed E-state index contributed by atoms with van der Waals surface area (Å²) in [6.07, 6.45) is 4.64. The molecule has 2 aromatic rings. The molecule has 2 aromatic heterocycles. The molecule has 0 aliphatic carbocycles. The molecule has 0 unspecified atom stereocenters. The second-order valence-electron chi connectivity index (χ2n) is 5.06. The first-order valence-corrected chi connectivity index (χ1v) is 6.77. The van der Waals surface area contributed by atoms with Crippen LogP contribution in [0.3, 0.4) is 0 Å². The van der Waals surface area contributed by atoms with Gasteiger partial charge in [-0.2, -0.15) is 19.0 Å². The molecule has 21 heavy (non-hydrogen) atoms. The molecule has 1 atom stereocenters. The zero-order valence-corrected chi connectivity index (χ0v) is 11.2. The van der Waals surface area contributed by atoms with Crippen molar-refractivity contribution in [3.63, 3.8) is 0 Å². The van der Waals surface area contributed by atoms with Gasteiger partial charge >= 0.3 is 6.55 Å². The second kappa shape index (κ2) is 5.63. The van der Waals surface area contributed by atoms with Crippen LogP contribution in [0.2, 0.25) is 0 Å². The van der Waals surface area contributed by atoms with Gasteiger partial charge in [-0.05, 0) is 25.0 Å². The molecule has 0 bridgehead atoms. The third-order valence-electron chi connectivity index (χ3n) is 3.70. The van der Waals surface area contributed by atoms with Crippen molar-refractivity contribution in [3.05, 3.63) is 35.9 Å². The molecule has 8 heteroatoms. The minimum Gasteiger partial charge on any atom is -0.337 e. The molecule has 0 radical (unpaired) electrons. The van der Waals surface area contributed by atoms with Crippen molar-refractivity contribution >= 4 is 5.91 Å². The monoisotopic (exact) mass is 295 g/mol. The number of hydrogen-bond acceptors (Lipinski definition) is 3. The van der Waals surface area contributed by atoms with Crippen LogP contribution in [-0.4, -0.2) is 43.9 Å². The van der Waals surface area contributed by atoms with E-state index < -0.39 is 6.55 Å². The summed E-state index contributed by atoms with van der Waals surface area (Å²) in [5, 5.41) is 10.5. The number of carbonyl (C=O) groups excluding carboxylic acids is 1. The zero-order chi connectivity index (χ0) is 14.8. The Bertz CT molecular complexity index is 610. The Morgan fingerprint density at radius 3 is 2.95 bits per heavy atom. The summed E-state index contributed by atoms with van der Waals surface area (Å²) in [5.41, 5.74) is 1.05. The average molecular weight is 295 g/mol. The van der Waals surface area contributed by atoms with Crippen LogP contribution >= 0.6 is 0 Å². The average Bonchev–Trinajstić information content (AvgIpc) is 3.18. The Hall–Kier alpha value is -2.25. The molecule has 1 aliphatic rings. The zero-order valence-electron chi connectivity index (χ0n) is 11.2. The number of piperidine rings is 1. The normalized spacial score (nSPS) is 19.2. The summed E-state index contributed by atoms with van der Waals surface area (Å²) in [7, 11) is 0. The van der Waals surface area contributed by atoms with E-state index in [0.717, 1.165) is 24.7 Å². The number of hydrogen-bond donors (Lipinski definition) is 1. The van der Waals surface area contributed by atoms with Gasteiger partial charge in [0, 0.05) is 37.1 Å². The van der Waals surface area contributed by atoms with E-state index in [0.29, 0.717) is 17.8 Å². The van der Waals surface area contributed by atoms with Gasteiger partial charge in [0.25, 0.3) is 5.91 Å². The highest BCUT2D eigenvalue weighted by molar-refractivity contribution is 5.92. The van der Waals surface area contributed by atoms with Crippen LogP contribution in [0.25, 0.3) is 0 Å². The number of rotatable bonds is 3. The second-order valence-corrected chi connectivity index (χ2v) is 5.06. The minimum atomic E-state index is -2.73. The molecule has 1 N–H and O–H groups in total. The van der Waals surface area contributed by atoms with E-state index in [2.05, 4.69) is 15.3 Å². The Balaban J connectivity index is 1.71. The number of alkyl halides is 2. The van der Waals surface area contributed by atoms with Gasteiger partial charge < -0.3 is 4.90 Å². The van der Waals surface area contributed by atoms with Crippen molar-refractivity contribution < 1.29 is 13.6 Å². The first-order valence-electron chi connectivity index (χ1n) is 6.77. The van der Waals surface area contributed by atoms with Crippen LogP contribution in [0.5, 0.6) is 0 Å². The maximum atomic E-state index is 12.5. The topological polar surface area (TPSA) is 66.8 Å². The third-order valence-corrected chi connectivity index (χ3v) is 3.70. The molecular weight excluding hydrogens is 280 g/mol. The van der Waals surface area contributed by atoms with Crippen LogP contribution in [0.4, 0.5) is 8.78 Å². The van der Waals surface area contributed by atoms with E-state index in [4.69, 9.17) is 0 Å². The molecule has 1 amide bonds. The lowest BCUT2D eigenvalue weighted by Gasteiger charge is -2.31. The van der Waals surface area contributed by atoms with Gasteiger partial charge in [0.15, 0.2) is 5.69 Å². The smallest absolute Gasteiger partial charge is 0.333 e. The summed E-state index contributed by atoms with van der Waals surface area (Å²) in [6, 6.07) is 3.22. The van der Waals surface area contributed by atoms with Gasteiger partial charge in [-0.1, -0.05) is 0 Å². The quantitative estimate of drug-likeness (QED) is 0.942. The number of aromatic amines is 1. The molecule has 0 aromatic carbocycles. The summed E-state index contributed by atoms with van der Waals surface area (Å²) < 4.78 is 25.5. The molecule has 1 fully saturated rings. The van der Waals surface area contributed by atoms with Crippen LogP contribution in [0, 0.1) is 0 Å². The summed E-state index contributed by atoms with van der Waals surface area (Å²) in [5.74, 6) is -0.110. The van der Waals surface area contributed by atoms with Crippen LogP contribution < -0.4 is 0 Å². The van der Waals surface area contributed by atoms with Gasteiger partial charge in [0.2, 0.25) is 0 Å². The maximum absolute atomic E-state index is 12.5. The first-order chi connectivity index (χ1) is 10.1. The van der Waals surface area contributed by atoms with E-state index in [1.165, 1.54) is 6.07 Å². The van der Waals surface area contributed by atoms with Gasteiger partial charge in [0.1, 0.15) is 0 Å². The number of aromatic nitrogens is 4. The molecule has 3 heterocycles. The Kier molecular flexibility index (Phi) is 3.68. The fraction of sp³-hybridized carbons (Fsp3) is 0.462. The first kappa shape index (κ1) is 13.7. The molecule has 0 saturated carbocycles. The maximum Gasteiger partial charge on any atom is 0.333 e. The number of nitrogens with one attached hydrogen (secondary N) is 1. The highest BCUT2D eigenvalue weighted by Crippen LogP contribution is 2.26. The van der Waals surface area contributed by atoms with Crippen LogP contribution in [-0.2, 0) is 0 Å². The summed E-state index contributed by atoms with van der Waals surface area (Å²) >= 11 is 0. The SMILES string of the molecule is O=C(c1ccn(C(F)F)n1)N1CCC[C@H](c2ccn[nH]2)C1. The van der Waals surface area contributed by atoms with Crippen LogP contribution in [0.1, 0.15) is 41.5 Å². The highest BCUT2D eigenvalue weighted by atomic mass is 19.3. The molecule has 1 aliphatic heterocycles. The minimum absolute atomic E-state index is 0.0561. The van der Waals surface area contributed by atoms with Gasteiger partial charge in [-0.15, -0.1) is 0 Å². The number of carbonyl (C=O) groups is 1. The van der Waals surface area contributed by atoms with E-state index in [-0.39, 0.29) is 17.5 Å². The largest absolute Gasteiger partial charge is 0.337 e. The number of H-pyrrole nitrogens is 1. The van der Waals surface area contributed by atoms with Crippen molar-refractivity contribution in [2.24, 2.45) is 0 Å². The standard InChI is InChI=1S/C13H15F2N5O/c14-13(15)20-7-4-11(18-20)12(21)19-6-1-2-9(8-19)10-3-5-16-17-10/h3-5,7,9,13H,1-2,6,8H2,(H,16,17)/t9-/m0/s1. The lowest BCUT2D eigenvalue weighted by Crippen LogP contribution is -2.39. The van der Waals surface area contributed by atoms with Gasteiger partial charge in [-0.3, -0.25) is 9.89 Å². The molecule has 3 rings (SSSR count). The van der Waals surface area contributed by atoms with Crippen molar-refractivity contribution in [3.8, 4) is 0 Å². The lowest BCUT2D eigenvalue weighted by molar-refractivity contribution is 0.0546. The van der Waals surface area contributed by atoms with Crippen molar-refractivity contribution in [2.75, 3.05) is 13.1 Å². The molecule has 6 nitrogen and oxygen atoms in total. The number of halogens is 2. The summed E-state index contributed by atoms with van der Waals surface area (Å²) in [4.78, 5) is 14.0. The van der Waals surface area contributed by atoms with E-state index >= 15 is 0 Å². The Morgan fingerprint density at radius 1 is 1.43 bits per heavy atom. The van der Waals surface area contributed by atoms with Crippen molar-refractivity contribution in [1.82, 2.24) is 24.9 Å². The fourth-order valence-electron chi connectivity index (χ4n) is 2.63.